The van der Waals surface area contributed by atoms with E-state index < -0.39 is 96.3 Å². The molecule has 2 aliphatic carbocycles. The number of carbonyl (C=O) groups is 3. The van der Waals surface area contributed by atoms with Gasteiger partial charge in [0.2, 0.25) is 17.7 Å². The van der Waals surface area contributed by atoms with E-state index in [1.165, 1.54) is 23.9 Å². The number of rotatable bonds is 12. The van der Waals surface area contributed by atoms with Crippen molar-refractivity contribution in [2.45, 2.75) is 79.9 Å². The number of halogens is 3. The van der Waals surface area contributed by atoms with Gasteiger partial charge in [-0.15, -0.1) is 0 Å². The molecule has 11 N–H and O–H groups in total. The number of aliphatic hydroxyl groups excluding tert-OH is 8. The van der Waals surface area contributed by atoms with Crippen LogP contribution in [-0.2, 0) is 19.1 Å². The van der Waals surface area contributed by atoms with Crippen LogP contribution in [0.5, 0.6) is 0 Å². The Hall–Kier alpha value is 0.200. The third-order valence-corrected chi connectivity index (χ3v) is 14.6. The minimum absolute atomic E-state index is 0.101. The van der Waals surface area contributed by atoms with E-state index in [2.05, 4.69) is 73.1 Å². The van der Waals surface area contributed by atoms with E-state index in [9.17, 15) is 55.2 Å². The second kappa shape index (κ2) is 18.8. The number of alkyl halides is 3. The molecule has 0 radical (unpaired) electrons. The number of likely N-dealkylation sites (N-methyl/N-ethyl adjacent to an activating group) is 2. The summed E-state index contributed by atoms with van der Waals surface area (Å²) in [6, 6.07) is -2.01. The summed E-state index contributed by atoms with van der Waals surface area (Å²) in [5.74, 6) is -3.48. The molecule has 48 heavy (non-hydrogen) atoms. The van der Waals surface area contributed by atoms with E-state index in [1.807, 2.05) is 0 Å². The van der Waals surface area contributed by atoms with Gasteiger partial charge in [-0.25, -0.2) is 0 Å². The maximum atomic E-state index is 13.9. The van der Waals surface area contributed by atoms with E-state index in [0.717, 1.165) is 0 Å². The van der Waals surface area contributed by atoms with Gasteiger partial charge in [-0.1, -0.05) is 67.8 Å². The minimum Gasteiger partial charge on any atom is -0.394 e. The zero-order valence-corrected chi connectivity index (χ0v) is 33.2. The van der Waals surface area contributed by atoms with E-state index in [1.54, 1.807) is 0 Å². The molecule has 3 fully saturated rings. The van der Waals surface area contributed by atoms with E-state index >= 15 is 0 Å². The lowest BCUT2D eigenvalue weighted by Gasteiger charge is -2.51. The number of carbonyl (C=O) groups excluding carboxylic acids is 3. The third kappa shape index (κ3) is 9.59. The van der Waals surface area contributed by atoms with Gasteiger partial charge in [-0.05, 0) is 31.1 Å². The number of nitrogens with zero attached hydrogens (tertiary/aromatic N) is 2. The number of nitrogens with one attached hydrogen (secondary N) is 1. The summed E-state index contributed by atoms with van der Waals surface area (Å²) in [5, 5.41) is 81.7. The van der Waals surface area contributed by atoms with Crippen molar-refractivity contribution in [3.05, 3.63) is 0 Å². The SMILES string of the molecule is CN(CC(O)CO)C(=O)C1C(I)C(C(=O)N(C)CC(O)CO)C(I)C(C2CCC(C(=O)NC3C(O)OC(CO)C(O)C3O)C(N)C2)C1I. The molecular formula is C29H49I3N4O12. The molecule has 0 aromatic heterocycles. The summed E-state index contributed by atoms with van der Waals surface area (Å²) in [5.41, 5.74) is 6.61. The van der Waals surface area contributed by atoms with Gasteiger partial charge in [0.1, 0.15) is 24.4 Å². The van der Waals surface area contributed by atoms with Crippen molar-refractivity contribution in [2.75, 3.05) is 47.0 Å². The number of nitrogens with two attached hydrogens (primary N) is 1. The Morgan fingerprint density at radius 2 is 1.35 bits per heavy atom. The monoisotopic (exact) mass is 1030 g/mol. The van der Waals surface area contributed by atoms with Crippen LogP contribution in [0, 0.1) is 29.6 Å². The maximum absolute atomic E-state index is 13.9. The minimum atomic E-state index is -1.67. The first-order chi connectivity index (χ1) is 22.5. The Morgan fingerprint density at radius 1 is 0.854 bits per heavy atom. The lowest BCUT2D eigenvalue weighted by Crippen LogP contribution is -2.65. The molecule has 0 aromatic rings. The molecule has 3 rings (SSSR count). The van der Waals surface area contributed by atoms with E-state index in [-0.39, 0.29) is 44.6 Å². The third-order valence-electron chi connectivity index (χ3n) is 9.85. The average Bonchev–Trinajstić information content (AvgIpc) is 3.04. The lowest BCUT2D eigenvalue weighted by atomic mass is 9.64. The number of amides is 3. The molecule has 16 nitrogen and oxygen atoms in total. The first kappa shape index (κ1) is 42.6. The predicted octanol–water partition coefficient (Wildman–Crippen LogP) is -3.46. The van der Waals surface area contributed by atoms with Gasteiger partial charge in [0, 0.05) is 45.0 Å². The number of ether oxygens (including phenoxy) is 1. The molecule has 14 unspecified atom stereocenters. The van der Waals surface area contributed by atoms with Gasteiger partial charge in [-0.2, -0.15) is 0 Å². The van der Waals surface area contributed by atoms with Crippen LogP contribution in [0.25, 0.3) is 0 Å². The van der Waals surface area contributed by atoms with Crippen LogP contribution in [0.15, 0.2) is 0 Å². The summed E-state index contributed by atoms with van der Waals surface area (Å²) >= 11 is 6.65. The molecule has 14 atom stereocenters. The van der Waals surface area contributed by atoms with Gasteiger partial charge < -0.3 is 66.4 Å². The van der Waals surface area contributed by atoms with Crippen molar-refractivity contribution >= 4 is 85.5 Å². The van der Waals surface area contributed by atoms with Gasteiger partial charge in [-0.3, -0.25) is 14.4 Å². The van der Waals surface area contributed by atoms with Gasteiger partial charge in [0.25, 0.3) is 0 Å². The molecule has 3 amide bonds. The van der Waals surface area contributed by atoms with Crippen LogP contribution in [0.3, 0.4) is 0 Å². The Labute approximate surface area is 320 Å². The summed E-state index contributed by atoms with van der Waals surface area (Å²) in [4.78, 5) is 44.0. The Kier molecular flexibility index (Phi) is 16.7. The highest BCUT2D eigenvalue weighted by atomic mass is 127. The normalized spacial score (nSPS) is 40.0. The first-order valence-corrected chi connectivity index (χ1v) is 19.6. The summed E-state index contributed by atoms with van der Waals surface area (Å²) in [7, 11) is 3.07. The average molecular weight is 1030 g/mol. The Bertz CT molecular complexity index is 1060. The summed E-state index contributed by atoms with van der Waals surface area (Å²) in [6.07, 6.45) is -7.07. The van der Waals surface area contributed by atoms with Gasteiger partial charge in [0.15, 0.2) is 6.29 Å². The molecule has 1 saturated heterocycles. The molecular weight excluding hydrogens is 977 g/mol. The van der Waals surface area contributed by atoms with Crippen LogP contribution in [0.2, 0.25) is 0 Å². The topological polar surface area (TPSA) is 267 Å². The molecule has 278 valence electrons. The second-order valence-corrected chi connectivity index (χ2v) is 17.5. The summed E-state index contributed by atoms with van der Waals surface area (Å²) < 4.78 is 4.12. The summed E-state index contributed by atoms with van der Waals surface area (Å²) in [6.45, 7) is -1.89. The fourth-order valence-electron chi connectivity index (χ4n) is 7.17. The van der Waals surface area contributed by atoms with Crippen LogP contribution in [-0.4, -0.2) is 176 Å². The number of hydrogen-bond donors (Lipinski definition) is 10. The van der Waals surface area contributed by atoms with Crippen LogP contribution in [0.4, 0.5) is 0 Å². The highest BCUT2D eigenvalue weighted by molar-refractivity contribution is 14.1. The van der Waals surface area contributed by atoms with Crippen molar-refractivity contribution in [1.82, 2.24) is 15.1 Å². The molecule has 2 saturated carbocycles. The molecule has 0 aromatic carbocycles. The highest BCUT2D eigenvalue weighted by Gasteiger charge is 2.57. The number of hydrogen-bond acceptors (Lipinski definition) is 13. The fraction of sp³-hybridized carbons (Fsp3) is 0.897. The number of aliphatic hydroxyl groups is 8. The molecule has 0 bridgehead atoms. The van der Waals surface area contributed by atoms with Crippen molar-refractivity contribution in [3.63, 3.8) is 0 Å². The smallest absolute Gasteiger partial charge is 0.227 e. The lowest BCUT2D eigenvalue weighted by molar-refractivity contribution is -0.254. The van der Waals surface area contributed by atoms with Crippen LogP contribution < -0.4 is 11.1 Å². The van der Waals surface area contributed by atoms with Crippen molar-refractivity contribution in [3.8, 4) is 0 Å². The highest BCUT2D eigenvalue weighted by Crippen LogP contribution is 2.52. The molecule has 19 heteroatoms. The zero-order chi connectivity index (χ0) is 36.2. The van der Waals surface area contributed by atoms with Crippen LogP contribution >= 0.6 is 67.8 Å². The predicted molar refractivity (Wildman–Crippen MR) is 196 cm³/mol. The fourth-order valence-corrected chi connectivity index (χ4v) is 14.6. The Morgan fingerprint density at radius 3 is 1.79 bits per heavy atom. The van der Waals surface area contributed by atoms with Crippen molar-refractivity contribution in [2.24, 2.45) is 35.3 Å². The largest absolute Gasteiger partial charge is 0.394 e. The van der Waals surface area contributed by atoms with E-state index in [4.69, 9.17) is 10.5 Å². The van der Waals surface area contributed by atoms with Gasteiger partial charge >= 0.3 is 0 Å². The Balaban J connectivity index is 1.84. The second-order valence-electron chi connectivity index (χ2n) is 13.2. The molecule has 0 spiro atoms. The molecule has 1 aliphatic heterocycles. The first-order valence-electron chi connectivity index (χ1n) is 15.9. The molecule has 3 aliphatic rings. The van der Waals surface area contributed by atoms with Gasteiger partial charge in [0.05, 0.1) is 49.8 Å². The molecule has 1 heterocycles. The van der Waals surface area contributed by atoms with Crippen molar-refractivity contribution < 1.29 is 60.0 Å². The quantitative estimate of drug-likeness (QED) is 0.0675. The standard InChI is InChI=1S/C29H49I3N4O12/c1-35(6-12(40)8-37)27(45)18-20(30)17(21(31)19(22(18)32)28(46)36(2)7-13(41)9-38)11-3-4-14(15(33)5-11)26(44)34-23-25(43)24(42)16(10-39)48-29(23)47/h11-25,29,37-43,47H,3-10,33H2,1-2H3,(H,34,44). The zero-order valence-electron chi connectivity index (χ0n) is 26.7. The van der Waals surface area contributed by atoms with Crippen LogP contribution in [0.1, 0.15) is 19.3 Å². The van der Waals surface area contributed by atoms with Crippen molar-refractivity contribution in [1.29, 1.82) is 0 Å². The van der Waals surface area contributed by atoms with E-state index in [0.29, 0.717) is 19.3 Å². The maximum Gasteiger partial charge on any atom is 0.227 e.